The smallest absolute Gasteiger partial charge is 0.223 e. The fourth-order valence-corrected chi connectivity index (χ4v) is 2.92. The van der Waals surface area contributed by atoms with E-state index in [2.05, 4.69) is 32.9 Å². The van der Waals surface area contributed by atoms with Crippen molar-refractivity contribution in [3.63, 3.8) is 0 Å². The van der Waals surface area contributed by atoms with Gasteiger partial charge < -0.3 is 4.90 Å². The van der Waals surface area contributed by atoms with E-state index < -0.39 is 0 Å². The van der Waals surface area contributed by atoms with Crippen LogP contribution in [0.4, 0.5) is 0 Å². The van der Waals surface area contributed by atoms with Gasteiger partial charge in [-0.3, -0.25) is 4.79 Å². The van der Waals surface area contributed by atoms with Crippen LogP contribution in [0.5, 0.6) is 0 Å². The first kappa shape index (κ1) is 13.1. The first-order valence-electron chi connectivity index (χ1n) is 6.92. The van der Waals surface area contributed by atoms with Crippen molar-refractivity contribution in [1.29, 1.82) is 0 Å². The van der Waals surface area contributed by atoms with Gasteiger partial charge in [0.2, 0.25) is 5.91 Å². The van der Waals surface area contributed by atoms with E-state index in [1.807, 2.05) is 23.1 Å². The van der Waals surface area contributed by atoms with E-state index >= 15 is 0 Å². The predicted octanol–water partition coefficient (Wildman–Crippen LogP) is 3.64. The molecule has 2 nitrogen and oxygen atoms in total. The van der Waals surface area contributed by atoms with Gasteiger partial charge in [0.15, 0.2) is 0 Å². The summed E-state index contributed by atoms with van der Waals surface area (Å²) in [6.07, 6.45) is 1.89. The van der Waals surface area contributed by atoms with Crippen molar-refractivity contribution in [2.75, 3.05) is 6.54 Å². The van der Waals surface area contributed by atoms with Crippen molar-refractivity contribution < 1.29 is 4.79 Å². The van der Waals surface area contributed by atoms with E-state index in [1.165, 1.54) is 5.56 Å². The minimum Gasteiger partial charge on any atom is -0.336 e. The second-order valence-corrected chi connectivity index (χ2v) is 5.83. The maximum absolute atomic E-state index is 12.1. The van der Waals surface area contributed by atoms with Gasteiger partial charge in [-0.25, -0.2) is 0 Å². The lowest BCUT2D eigenvalue weighted by molar-refractivity contribution is -0.129. The normalized spacial score (nSPS) is 21.7. The number of hydrogen-bond acceptors (Lipinski definition) is 1. The Hall–Kier alpha value is -1.31. The minimum absolute atomic E-state index is 0.205. The molecular formula is C16H23NO. The summed E-state index contributed by atoms with van der Waals surface area (Å²) >= 11 is 0. The highest BCUT2D eigenvalue weighted by atomic mass is 16.2. The maximum Gasteiger partial charge on any atom is 0.223 e. The highest BCUT2D eigenvalue weighted by Gasteiger charge is 2.33. The monoisotopic (exact) mass is 245 g/mol. The van der Waals surface area contributed by atoms with Gasteiger partial charge in [-0.1, -0.05) is 44.2 Å². The molecule has 2 rings (SSSR count). The van der Waals surface area contributed by atoms with E-state index in [4.69, 9.17) is 0 Å². The molecule has 98 valence electrons. The standard InChI is InChI=1S/C16H23NO/c1-12(2)9-14-10-16(18)17(11-14)13(3)15-7-5-4-6-8-15/h4-8,12-14H,9-11H2,1-3H3/t13-,14?/m1/s1. The molecule has 2 heteroatoms. The second kappa shape index (κ2) is 5.55. The molecule has 18 heavy (non-hydrogen) atoms. The van der Waals surface area contributed by atoms with Crippen molar-refractivity contribution in [1.82, 2.24) is 4.90 Å². The fourth-order valence-electron chi connectivity index (χ4n) is 2.92. The van der Waals surface area contributed by atoms with E-state index in [-0.39, 0.29) is 6.04 Å². The number of amides is 1. The molecule has 1 aromatic carbocycles. The van der Waals surface area contributed by atoms with Crippen LogP contribution < -0.4 is 0 Å². The Labute approximate surface area is 110 Å². The SMILES string of the molecule is CC(C)CC1CC(=O)N([C@H](C)c2ccccc2)C1. The number of nitrogens with zero attached hydrogens (tertiary/aromatic N) is 1. The van der Waals surface area contributed by atoms with Gasteiger partial charge in [-0.05, 0) is 30.7 Å². The molecule has 1 amide bonds. The van der Waals surface area contributed by atoms with Crippen molar-refractivity contribution in [3.05, 3.63) is 35.9 Å². The third-order valence-electron chi connectivity index (χ3n) is 3.79. The zero-order valence-corrected chi connectivity index (χ0v) is 11.6. The molecule has 1 fully saturated rings. The lowest BCUT2D eigenvalue weighted by Gasteiger charge is -2.25. The molecule has 1 saturated heterocycles. The average molecular weight is 245 g/mol. The molecule has 0 spiro atoms. The van der Waals surface area contributed by atoms with Crippen LogP contribution in [0.25, 0.3) is 0 Å². The van der Waals surface area contributed by atoms with Crippen LogP contribution in [0.1, 0.15) is 45.2 Å². The summed E-state index contributed by atoms with van der Waals surface area (Å²) in [7, 11) is 0. The maximum atomic E-state index is 12.1. The van der Waals surface area contributed by atoms with E-state index in [9.17, 15) is 4.79 Å². The molecule has 1 aliphatic rings. The van der Waals surface area contributed by atoms with Crippen molar-refractivity contribution in [2.24, 2.45) is 11.8 Å². The molecule has 1 aromatic rings. The highest BCUT2D eigenvalue weighted by molar-refractivity contribution is 5.79. The topological polar surface area (TPSA) is 20.3 Å². The molecule has 0 saturated carbocycles. The summed E-state index contributed by atoms with van der Waals surface area (Å²) in [5.74, 6) is 1.54. The van der Waals surface area contributed by atoms with Crippen LogP contribution in [-0.2, 0) is 4.79 Å². The Morgan fingerprint density at radius 2 is 1.89 bits per heavy atom. The number of benzene rings is 1. The van der Waals surface area contributed by atoms with Crippen LogP contribution >= 0.6 is 0 Å². The highest BCUT2D eigenvalue weighted by Crippen LogP contribution is 2.31. The molecule has 2 atom stereocenters. The van der Waals surface area contributed by atoms with Gasteiger partial charge in [0.25, 0.3) is 0 Å². The van der Waals surface area contributed by atoms with Gasteiger partial charge in [-0.2, -0.15) is 0 Å². The molecule has 0 bridgehead atoms. The Bertz CT molecular complexity index is 399. The Balaban J connectivity index is 2.04. The van der Waals surface area contributed by atoms with Gasteiger partial charge in [0.1, 0.15) is 0 Å². The van der Waals surface area contributed by atoms with Crippen LogP contribution in [-0.4, -0.2) is 17.4 Å². The van der Waals surface area contributed by atoms with E-state index in [0.29, 0.717) is 17.7 Å². The van der Waals surface area contributed by atoms with E-state index in [1.54, 1.807) is 0 Å². The third-order valence-corrected chi connectivity index (χ3v) is 3.79. The summed E-state index contributed by atoms with van der Waals surface area (Å²) in [5.41, 5.74) is 1.23. The van der Waals surface area contributed by atoms with Gasteiger partial charge >= 0.3 is 0 Å². The van der Waals surface area contributed by atoms with Crippen molar-refractivity contribution in [2.45, 2.75) is 39.7 Å². The summed E-state index contributed by atoms with van der Waals surface area (Å²) in [6.45, 7) is 7.51. The number of carbonyl (C=O) groups excluding carboxylic acids is 1. The summed E-state index contributed by atoms with van der Waals surface area (Å²) in [4.78, 5) is 14.2. The first-order valence-corrected chi connectivity index (χ1v) is 6.92. The van der Waals surface area contributed by atoms with Crippen LogP contribution in [0.3, 0.4) is 0 Å². The fraction of sp³-hybridized carbons (Fsp3) is 0.562. The second-order valence-electron chi connectivity index (χ2n) is 5.83. The summed E-state index contributed by atoms with van der Waals surface area (Å²) in [5, 5.41) is 0. The van der Waals surface area contributed by atoms with Crippen LogP contribution in [0.2, 0.25) is 0 Å². The summed E-state index contributed by atoms with van der Waals surface area (Å²) < 4.78 is 0. The number of rotatable bonds is 4. The average Bonchev–Trinajstić information content (AvgIpc) is 2.69. The Morgan fingerprint density at radius 1 is 1.22 bits per heavy atom. The van der Waals surface area contributed by atoms with Gasteiger partial charge in [0.05, 0.1) is 6.04 Å². The Morgan fingerprint density at radius 3 is 2.50 bits per heavy atom. The van der Waals surface area contributed by atoms with Gasteiger partial charge in [-0.15, -0.1) is 0 Å². The van der Waals surface area contributed by atoms with Crippen LogP contribution in [0.15, 0.2) is 30.3 Å². The van der Waals surface area contributed by atoms with Crippen molar-refractivity contribution in [3.8, 4) is 0 Å². The molecule has 0 N–H and O–H groups in total. The van der Waals surface area contributed by atoms with Crippen molar-refractivity contribution >= 4 is 5.91 Å². The van der Waals surface area contributed by atoms with Crippen LogP contribution in [0, 0.1) is 11.8 Å². The molecule has 1 unspecified atom stereocenters. The zero-order chi connectivity index (χ0) is 13.1. The molecule has 0 aliphatic carbocycles. The van der Waals surface area contributed by atoms with Gasteiger partial charge in [0, 0.05) is 13.0 Å². The number of carbonyl (C=O) groups is 1. The van der Waals surface area contributed by atoms with E-state index in [0.717, 1.165) is 19.4 Å². The molecule has 0 radical (unpaired) electrons. The summed E-state index contributed by atoms with van der Waals surface area (Å²) in [6, 6.07) is 10.5. The molecule has 1 aliphatic heterocycles. The molecule has 0 aromatic heterocycles. The number of hydrogen-bond donors (Lipinski definition) is 0. The molecular weight excluding hydrogens is 222 g/mol. The zero-order valence-electron chi connectivity index (χ0n) is 11.6. The Kier molecular flexibility index (Phi) is 4.05. The lowest BCUT2D eigenvalue weighted by Crippen LogP contribution is -2.28. The lowest BCUT2D eigenvalue weighted by atomic mass is 9.96. The quantitative estimate of drug-likeness (QED) is 0.793. The third kappa shape index (κ3) is 2.92. The number of likely N-dealkylation sites (tertiary alicyclic amines) is 1. The molecule has 1 heterocycles. The minimum atomic E-state index is 0.205. The predicted molar refractivity (Wildman–Crippen MR) is 74.1 cm³/mol. The first-order chi connectivity index (χ1) is 8.58. The largest absolute Gasteiger partial charge is 0.336 e.